The molecule has 6 nitrogen and oxygen atoms in total. The molecule has 24 heavy (non-hydrogen) atoms. The molecule has 1 saturated heterocycles. The SMILES string of the molecule is Cc1cccc(C)c1-n1nnnc1C(CC(C)C)N1CCOCC1. The molecule has 3 rings (SSSR count). The third-order valence-corrected chi connectivity index (χ3v) is 4.62. The Kier molecular flexibility index (Phi) is 5.26. The van der Waals surface area contributed by atoms with Crippen LogP contribution < -0.4 is 0 Å². The highest BCUT2D eigenvalue weighted by Crippen LogP contribution is 2.29. The van der Waals surface area contributed by atoms with Crippen molar-refractivity contribution in [2.24, 2.45) is 5.92 Å². The van der Waals surface area contributed by atoms with Gasteiger partial charge >= 0.3 is 0 Å². The van der Waals surface area contributed by atoms with Gasteiger partial charge in [0.25, 0.3) is 0 Å². The first-order chi connectivity index (χ1) is 11.6. The summed E-state index contributed by atoms with van der Waals surface area (Å²) in [6.45, 7) is 12.1. The van der Waals surface area contributed by atoms with Gasteiger partial charge < -0.3 is 4.74 Å². The first-order valence-electron chi connectivity index (χ1n) is 8.74. The zero-order valence-corrected chi connectivity index (χ0v) is 15.1. The molecule has 0 radical (unpaired) electrons. The van der Waals surface area contributed by atoms with Crippen LogP contribution in [0, 0.1) is 19.8 Å². The molecule has 0 aliphatic carbocycles. The number of hydrogen-bond donors (Lipinski definition) is 0. The highest BCUT2D eigenvalue weighted by Gasteiger charge is 2.29. The van der Waals surface area contributed by atoms with E-state index >= 15 is 0 Å². The number of tetrazole rings is 1. The van der Waals surface area contributed by atoms with Crippen LogP contribution in [0.25, 0.3) is 5.69 Å². The molecule has 1 unspecified atom stereocenters. The Balaban J connectivity index is 2.01. The first kappa shape index (κ1) is 17.0. The van der Waals surface area contributed by atoms with Gasteiger partial charge in [0.05, 0.1) is 24.9 Å². The lowest BCUT2D eigenvalue weighted by Gasteiger charge is -2.34. The molecule has 0 saturated carbocycles. The van der Waals surface area contributed by atoms with Crippen LogP contribution >= 0.6 is 0 Å². The van der Waals surface area contributed by atoms with E-state index in [0.29, 0.717) is 5.92 Å². The number of morpholine rings is 1. The Labute approximate surface area is 143 Å². The Morgan fingerprint density at radius 3 is 2.42 bits per heavy atom. The van der Waals surface area contributed by atoms with Gasteiger partial charge in [0, 0.05) is 13.1 Å². The summed E-state index contributed by atoms with van der Waals surface area (Å²) in [5.74, 6) is 1.50. The summed E-state index contributed by atoms with van der Waals surface area (Å²) in [6, 6.07) is 6.51. The van der Waals surface area contributed by atoms with Gasteiger partial charge in [-0.25, -0.2) is 0 Å². The number of ether oxygens (including phenoxy) is 1. The van der Waals surface area contributed by atoms with E-state index in [1.54, 1.807) is 0 Å². The zero-order valence-electron chi connectivity index (χ0n) is 15.1. The molecule has 1 atom stereocenters. The summed E-state index contributed by atoms with van der Waals surface area (Å²) in [7, 11) is 0. The quantitative estimate of drug-likeness (QED) is 0.844. The number of aryl methyl sites for hydroxylation is 2. The van der Waals surface area contributed by atoms with Crippen molar-refractivity contribution in [1.82, 2.24) is 25.1 Å². The predicted molar refractivity (Wildman–Crippen MR) is 93.2 cm³/mol. The van der Waals surface area contributed by atoms with Crippen molar-refractivity contribution in [2.45, 2.75) is 40.2 Å². The topological polar surface area (TPSA) is 56.1 Å². The Bertz CT molecular complexity index is 656. The average molecular weight is 329 g/mol. The van der Waals surface area contributed by atoms with Crippen molar-refractivity contribution in [3.8, 4) is 5.69 Å². The van der Waals surface area contributed by atoms with E-state index in [-0.39, 0.29) is 6.04 Å². The minimum atomic E-state index is 0.211. The number of rotatable bonds is 5. The van der Waals surface area contributed by atoms with Gasteiger partial charge in [-0.15, -0.1) is 5.10 Å². The zero-order chi connectivity index (χ0) is 17.1. The van der Waals surface area contributed by atoms with Crippen molar-refractivity contribution in [3.05, 3.63) is 35.2 Å². The maximum atomic E-state index is 5.53. The average Bonchev–Trinajstić information content (AvgIpc) is 3.02. The standard InChI is InChI=1S/C18H27N5O/c1-13(2)12-16(22-8-10-24-11-9-22)18-19-20-21-23(18)17-14(3)6-5-7-15(17)4/h5-7,13,16H,8-12H2,1-4H3. The van der Waals surface area contributed by atoms with Crippen LogP contribution in [-0.2, 0) is 4.74 Å². The lowest BCUT2D eigenvalue weighted by atomic mass is 10.0. The number of aromatic nitrogens is 4. The molecule has 130 valence electrons. The van der Waals surface area contributed by atoms with E-state index in [2.05, 4.69) is 66.3 Å². The van der Waals surface area contributed by atoms with Crippen molar-refractivity contribution < 1.29 is 4.74 Å². The smallest absolute Gasteiger partial charge is 0.173 e. The number of benzene rings is 1. The van der Waals surface area contributed by atoms with Crippen molar-refractivity contribution in [3.63, 3.8) is 0 Å². The van der Waals surface area contributed by atoms with Gasteiger partial charge in [-0.3, -0.25) is 4.90 Å². The molecule has 0 amide bonds. The van der Waals surface area contributed by atoms with Crippen LogP contribution in [0.2, 0.25) is 0 Å². The van der Waals surface area contributed by atoms with Crippen LogP contribution in [-0.4, -0.2) is 51.4 Å². The van der Waals surface area contributed by atoms with Gasteiger partial charge in [-0.05, 0) is 47.7 Å². The van der Waals surface area contributed by atoms with Crippen LogP contribution in [0.4, 0.5) is 0 Å². The van der Waals surface area contributed by atoms with Gasteiger partial charge in [-0.2, -0.15) is 4.68 Å². The molecule has 2 heterocycles. The molecule has 1 aliphatic rings. The van der Waals surface area contributed by atoms with Crippen LogP contribution in [0.1, 0.15) is 43.3 Å². The molecule has 6 heteroatoms. The van der Waals surface area contributed by atoms with Gasteiger partial charge in [0.2, 0.25) is 0 Å². The molecule has 2 aromatic rings. The Morgan fingerprint density at radius 2 is 1.79 bits per heavy atom. The number of para-hydroxylation sites is 1. The van der Waals surface area contributed by atoms with Crippen molar-refractivity contribution >= 4 is 0 Å². The van der Waals surface area contributed by atoms with E-state index < -0.39 is 0 Å². The van der Waals surface area contributed by atoms with Gasteiger partial charge in [0.15, 0.2) is 5.82 Å². The van der Waals surface area contributed by atoms with E-state index in [0.717, 1.165) is 44.2 Å². The molecule has 1 fully saturated rings. The predicted octanol–water partition coefficient (Wildman–Crippen LogP) is 2.70. The largest absolute Gasteiger partial charge is 0.379 e. The van der Waals surface area contributed by atoms with Crippen LogP contribution in [0.15, 0.2) is 18.2 Å². The maximum Gasteiger partial charge on any atom is 0.173 e. The van der Waals surface area contributed by atoms with Crippen LogP contribution in [0.5, 0.6) is 0 Å². The van der Waals surface area contributed by atoms with Gasteiger partial charge in [-0.1, -0.05) is 32.0 Å². The highest BCUT2D eigenvalue weighted by atomic mass is 16.5. The monoisotopic (exact) mass is 329 g/mol. The van der Waals surface area contributed by atoms with E-state index in [9.17, 15) is 0 Å². The summed E-state index contributed by atoms with van der Waals surface area (Å²) >= 11 is 0. The van der Waals surface area contributed by atoms with E-state index in [1.807, 2.05) is 4.68 Å². The normalized spacial score (nSPS) is 17.4. The molecule has 1 aliphatic heterocycles. The lowest BCUT2D eigenvalue weighted by molar-refractivity contribution is 0.00910. The second-order valence-electron chi connectivity index (χ2n) is 6.98. The van der Waals surface area contributed by atoms with Crippen molar-refractivity contribution in [2.75, 3.05) is 26.3 Å². The Hall–Kier alpha value is -1.79. The molecular weight excluding hydrogens is 302 g/mol. The highest BCUT2D eigenvalue weighted by molar-refractivity contribution is 5.46. The molecular formula is C18H27N5O. The van der Waals surface area contributed by atoms with Crippen LogP contribution in [0.3, 0.4) is 0 Å². The van der Waals surface area contributed by atoms with Gasteiger partial charge in [0.1, 0.15) is 0 Å². The fourth-order valence-electron chi connectivity index (χ4n) is 3.45. The molecule has 0 spiro atoms. The Morgan fingerprint density at radius 1 is 1.12 bits per heavy atom. The summed E-state index contributed by atoms with van der Waals surface area (Å²) in [4.78, 5) is 2.46. The fraction of sp³-hybridized carbons (Fsp3) is 0.611. The van der Waals surface area contributed by atoms with E-state index in [4.69, 9.17) is 4.74 Å². The first-order valence-corrected chi connectivity index (χ1v) is 8.74. The van der Waals surface area contributed by atoms with Crippen molar-refractivity contribution in [1.29, 1.82) is 0 Å². The second kappa shape index (κ2) is 7.40. The minimum Gasteiger partial charge on any atom is -0.379 e. The third kappa shape index (κ3) is 3.49. The molecule has 1 aromatic heterocycles. The second-order valence-corrected chi connectivity index (χ2v) is 6.98. The lowest BCUT2D eigenvalue weighted by Crippen LogP contribution is -2.40. The summed E-state index contributed by atoms with van der Waals surface area (Å²) in [6.07, 6.45) is 1.03. The summed E-state index contributed by atoms with van der Waals surface area (Å²) in [5, 5.41) is 12.8. The third-order valence-electron chi connectivity index (χ3n) is 4.62. The number of hydrogen-bond acceptors (Lipinski definition) is 5. The minimum absolute atomic E-state index is 0.211. The van der Waals surface area contributed by atoms with E-state index in [1.165, 1.54) is 11.1 Å². The molecule has 0 bridgehead atoms. The maximum absolute atomic E-state index is 5.53. The fourth-order valence-corrected chi connectivity index (χ4v) is 3.45. The summed E-state index contributed by atoms with van der Waals surface area (Å²) < 4.78 is 7.46. The molecule has 1 aromatic carbocycles. The molecule has 0 N–H and O–H groups in total. The summed E-state index contributed by atoms with van der Waals surface area (Å²) in [5.41, 5.74) is 3.47. The number of nitrogens with zero attached hydrogens (tertiary/aromatic N) is 5.